The molecule has 0 aliphatic rings. The molecule has 1 aromatic carbocycles. The van der Waals surface area contributed by atoms with Crippen LogP contribution in [-0.4, -0.2) is 30.9 Å². The number of carbonyl (C=O) groups is 1. The summed E-state index contributed by atoms with van der Waals surface area (Å²) in [7, 11) is 0. The molecular weight excluding hydrogens is 328 g/mol. The molecule has 0 radical (unpaired) electrons. The molecule has 0 aliphatic carbocycles. The Balaban J connectivity index is 1.60. The van der Waals surface area contributed by atoms with Gasteiger partial charge in [0.2, 0.25) is 10.9 Å². The number of ether oxygens (including phenoxy) is 2. The molecule has 0 fully saturated rings. The zero-order chi connectivity index (χ0) is 18.2. The van der Waals surface area contributed by atoms with Crippen molar-refractivity contribution in [3.63, 3.8) is 0 Å². The van der Waals surface area contributed by atoms with Gasteiger partial charge in [-0.25, -0.2) is 0 Å². The predicted octanol–water partition coefficient (Wildman–Crippen LogP) is 1.59. The van der Waals surface area contributed by atoms with Crippen LogP contribution in [0, 0.1) is 0 Å². The van der Waals surface area contributed by atoms with Crippen LogP contribution >= 0.6 is 0 Å². The predicted molar refractivity (Wildman–Crippen MR) is 91.3 cm³/mol. The molecule has 0 aliphatic heterocycles. The second-order valence-corrected chi connectivity index (χ2v) is 5.85. The lowest BCUT2D eigenvalue weighted by Gasteiger charge is -2.04. The lowest BCUT2D eigenvalue weighted by molar-refractivity contribution is -0.144. The van der Waals surface area contributed by atoms with Crippen molar-refractivity contribution in [1.82, 2.24) is 0 Å². The number of fused-ring (bicyclic) bond motifs is 1. The molecule has 7 heteroatoms. The molecule has 0 bridgehead atoms. The van der Waals surface area contributed by atoms with Gasteiger partial charge in [-0.05, 0) is 19.8 Å². The summed E-state index contributed by atoms with van der Waals surface area (Å²) < 4.78 is 15.6. The van der Waals surface area contributed by atoms with Crippen LogP contribution in [0.25, 0.3) is 10.8 Å². The number of esters is 1. The maximum Gasteiger partial charge on any atom is 0.308 e. The third-order valence-corrected chi connectivity index (χ3v) is 4.06. The maximum atomic E-state index is 11.6. The topological polar surface area (TPSA) is 103 Å². The van der Waals surface area contributed by atoms with Gasteiger partial charge >= 0.3 is 5.97 Å². The molecule has 1 N–H and O–H groups in total. The average molecular weight is 352 g/mol. The zero-order valence-corrected chi connectivity index (χ0v) is 14.5. The van der Waals surface area contributed by atoms with Crippen molar-refractivity contribution in [2.24, 2.45) is 0 Å². The molecular formula is C18H24O7. The smallest absolute Gasteiger partial charge is 0.308 e. The van der Waals surface area contributed by atoms with Crippen molar-refractivity contribution in [2.45, 2.75) is 52.1 Å². The number of hydrogen-bond donors (Lipinski definition) is 1. The SMILES string of the molecule is CCOC(=O)CCOCCCCCCc1oc(CO)c2c(=O)c(=O)c12. The van der Waals surface area contributed by atoms with Gasteiger partial charge in [-0.1, -0.05) is 12.8 Å². The third kappa shape index (κ3) is 4.76. The van der Waals surface area contributed by atoms with E-state index in [1.165, 1.54) is 0 Å². The summed E-state index contributed by atoms with van der Waals surface area (Å²) in [6.07, 6.45) is 4.46. The molecule has 138 valence electrons. The fraction of sp³-hybridized carbons (Fsp3) is 0.611. The van der Waals surface area contributed by atoms with Crippen LogP contribution < -0.4 is 10.9 Å². The first-order chi connectivity index (χ1) is 12.1. The third-order valence-electron chi connectivity index (χ3n) is 4.06. The molecule has 0 spiro atoms. The Morgan fingerprint density at radius 3 is 2.36 bits per heavy atom. The number of hydrogen-bond acceptors (Lipinski definition) is 7. The van der Waals surface area contributed by atoms with Gasteiger partial charge in [-0.3, -0.25) is 14.4 Å². The summed E-state index contributed by atoms with van der Waals surface area (Å²) in [6, 6.07) is 0. The lowest BCUT2D eigenvalue weighted by atomic mass is 10.0. The van der Waals surface area contributed by atoms with Crippen LogP contribution in [0.3, 0.4) is 0 Å². The highest BCUT2D eigenvalue weighted by Crippen LogP contribution is 2.24. The van der Waals surface area contributed by atoms with E-state index in [1.54, 1.807) is 6.92 Å². The summed E-state index contributed by atoms with van der Waals surface area (Å²) in [5.74, 6) is 0.465. The Bertz CT molecular complexity index is 764. The number of aliphatic hydroxyl groups is 1. The first-order valence-corrected chi connectivity index (χ1v) is 8.67. The average Bonchev–Trinajstić information content (AvgIpc) is 2.95. The maximum absolute atomic E-state index is 11.6. The van der Waals surface area contributed by atoms with Crippen molar-refractivity contribution in [2.75, 3.05) is 19.8 Å². The number of furan rings is 1. The molecule has 7 nitrogen and oxygen atoms in total. The van der Waals surface area contributed by atoms with Gasteiger partial charge in [-0.2, -0.15) is 0 Å². The number of aliphatic hydroxyl groups excluding tert-OH is 1. The molecule has 1 heterocycles. The normalized spacial score (nSPS) is 11.4. The molecule has 2 rings (SSSR count). The molecule has 0 unspecified atom stereocenters. The Morgan fingerprint density at radius 2 is 1.68 bits per heavy atom. The van der Waals surface area contributed by atoms with Crippen molar-refractivity contribution in [3.05, 3.63) is 32.0 Å². The second-order valence-electron chi connectivity index (χ2n) is 5.85. The highest BCUT2D eigenvalue weighted by Gasteiger charge is 2.24. The van der Waals surface area contributed by atoms with Crippen molar-refractivity contribution < 1.29 is 23.8 Å². The molecule has 0 amide bonds. The van der Waals surface area contributed by atoms with E-state index < -0.39 is 10.9 Å². The van der Waals surface area contributed by atoms with E-state index in [0.29, 0.717) is 37.4 Å². The van der Waals surface area contributed by atoms with Gasteiger partial charge in [0, 0.05) is 13.0 Å². The minimum Gasteiger partial charge on any atom is -0.466 e. The van der Waals surface area contributed by atoms with Gasteiger partial charge in [0.05, 0.1) is 30.4 Å². The van der Waals surface area contributed by atoms with Crippen LogP contribution in [0.2, 0.25) is 0 Å². The van der Waals surface area contributed by atoms with Gasteiger partial charge in [0.15, 0.2) is 0 Å². The van der Waals surface area contributed by atoms with E-state index in [9.17, 15) is 19.5 Å². The monoisotopic (exact) mass is 352 g/mol. The Kier molecular flexibility index (Phi) is 7.33. The molecule has 0 atom stereocenters. The zero-order valence-electron chi connectivity index (χ0n) is 14.5. The first kappa shape index (κ1) is 19.3. The summed E-state index contributed by atoms with van der Waals surface area (Å²) in [6.45, 7) is 2.75. The van der Waals surface area contributed by atoms with E-state index in [-0.39, 0.29) is 30.1 Å². The Hall–Kier alpha value is -1.99. The van der Waals surface area contributed by atoms with E-state index in [1.807, 2.05) is 0 Å². The molecule has 1 aromatic heterocycles. The van der Waals surface area contributed by atoms with Gasteiger partial charge in [0.1, 0.15) is 18.1 Å². The van der Waals surface area contributed by atoms with Crippen LogP contribution in [0.15, 0.2) is 14.0 Å². The van der Waals surface area contributed by atoms with Gasteiger partial charge in [0.25, 0.3) is 0 Å². The largest absolute Gasteiger partial charge is 0.466 e. The van der Waals surface area contributed by atoms with Crippen LogP contribution in [-0.2, 0) is 27.3 Å². The number of rotatable bonds is 12. The standard InChI is InChI=1S/C18H24O7/c1-2-24-14(20)8-10-23-9-6-4-3-5-7-12-15-16(13(11-19)25-12)18(22)17(15)21/h19H,2-11H2,1H3. The molecule has 0 saturated carbocycles. The van der Waals surface area contributed by atoms with E-state index in [4.69, 9.17) is 13.9 Å². The lowest BCUT2D eigenvalue weighted by Crippen LogP contribution is -2.30. The minimum absolute atomic E-state index is 0.199. The number of carbonyl (C=O) groups excluding carboxylic acids is 1. The molecule has 0 saturated heterocycles. The van der Waals surface area contributed by atoms with Crippen molar-refractivity contribution in [3.8, 4) is 0 Å². The molecule has 25 heavy (non-hydrogen) atoms. The number of unbranched alkanes of at least 4 members (excludes halogenated alkanes) is 3. The van der Waals surface area contributed by atoms with E-state index in [0.717, 1.165) is 25.7 Å². The highest BCUT2D eigenvalue weighted by atomic mass is 16.5. The van der Waals surface area contributed by atoms with E-state index >= 15 is 0 Å². The fourth-order valence-electron chi connectivity index (χ4n) is 2.80. The molecule has 2 aromatic rings. The quantitative estimate of drug-likeness (QED) is 0.351. The number of aryl methyl sites for hydroxylation is 1. The summed E-state index contributed by atoms with van der Waals surface area (Å²) in [4.78, 5) is 34.2. The highest BCUT2D eigenvalue weighted by molar-refractivity contribution is 5.91. The van der Waals surface area contributed by atoms with Gasteiger partial charge in [-0.15, -0.1) is 0 Å². The van der Waals surface area contributed by atoms with E-state index in [2.05, 4.69) is 0 Å². The first-order valence-electron chi connectivity index (χ1n) is 8.67. The summed E-state index contributed by atoms with van der Waals surface area (Å²) >= 11 is 0. The minimum atomic E-state index is -0.561. The van der Waals surface area contributed by atoms with Crippen LogP contribution in [0.1, 0.15) is 50.5 Å². The van der Waals surface area contributed by atoms with Crippen molar-refractivity contribution in [1.29, 1.82) is 0 Å². The summed E-state index contributed by atoms with van der Waals surface area (Å²) in [5.41, 5.74) is -1.07. The second kappa shape index (κ2) is 9.48. The Labute approximate surface area is 145 Å². The summed E-state index contributed by atoms with van der Waals surface area (Å²) in [5, 5.41) is 9.79. The van der Waals surface area contributed by atoms with Crippen molar-refractivity contribution >= 4 is 16.7 Å². The Morgan fingerprint density at radius 1 is 1.00 bits per heavy atom. The van der Waals surface area contributed by atoms with Crippen LogP contribution in [0.4, 0.5) is 0 Å². The van der Waals surface area contributed by atoms with Gasteiger partial charge < -0.3 is 19.0 Å². The fourth-order valence-corrected chi connectivity index (χ4v) is 2.80. The van der Waals surface area contributed by atoms with Crippen LogP contribution in [0.5, 0.6) is 0 Å².